The Balaban J connectivity index is 1.98. The number of benzene rings is 2. The molecule has 2 rings (SSSR count). The molecule has 0 N–H and O–H groups in total. The summed E-state index contributed by atoms with van der Waals surface area (Å²) in [4.78, 5) is 12.0. The summed E-state index contributed by atoms with van der Waals surface area (Å²) in [6.07, 6.45) is 3.17. The van der Waals surface area contributed by atoms with Gasteiger partial charge in [-0.25, -0.2) is 4.79 Å². The van der Waals surface area contributed by atoms with E-state index in [1.54, 1.807) is 6.92 Å². The molecule has 0 spiro atoms. The molecule has 3 heteroatoms. The highest BCUT2D eigenvalue weighted by Gasteiger charge is 2.21. The molecular formula is C19H20O3. The van der Waals surface area contributed by atoms with Crippen molar-refractivity contribution in [2.75, 3.05) is 13.2 Å². The van der Waals surface area contributed by atoms with Gasteiger partial charge in [0.25, 0.3) is 0 Å². The number of rotatable bonds is 7. The fourth-order valence-corrected chi connectivity index (χ4v) is 2.05. The van der Waals surface area contributed by atoms with Crippen LogP contribution < -0.4 is 0 Å². The zero-order valence-corrected chi connectivity index (χ0v) is 12.6. The molecule has 0 aliphatic rings. The Kier molecular flexibility index (Phi) is 6.39. The third-order valence-corrected chi connectivity index (χ3v) is 3.07. The van der Waals surface area contributed by atoms with Gasteiger partial charge in [0.2, 0.25) is 0 Å². The standard InChI is InChI=1S/C19H20O3/c1-2-21-19(20)18(17-13-7-4-8-14-17)22-15-9-12-16-10-5-3-6-11-16/h3-14,18H,2,15H2,1H3/b12-9+. The Hall–Kier alpha value is -2.39. The van der Waals surface area contributed by atoms with Crippen molar-refractivity contribution >= 4 is 12.0 Å². The summed E-state index contributed by atoms with van der Waals surface area (Å²) < 4.78 is 10.8. The second kappa shape index (κ2) is 8.80. The maximum Gasteiger partial charge on any atom is 0.339 e. The van der Waals surface area contributed by atoms with Gasteiger partial charge in [0.15, 0.2) is 6.10 Å². The summed E-state index contributed by atoms with van der Waals surface area (Å²) in [7, 11) is 0. The van der Waals surface area contributed by atoms with Crippen LogP contribution in [0.3, 0.4) is 0 Å². The summed E-state index contributed by atoms with van der Waals surface area (Å²) >= 11 is 0. The third kappa shape index (κ3) is 4.86. The van der Waals surface area contributed by atoms with E-state index in [-0.39, 0.29) is 5.97 Å². The van der Waals surface area contributed by atoms with Crippen molar-refractivity contribution < 1.29 is 14.3 Å². The van der Waals surface area contributed by atoms with Crippen molar-refractivity contribution in [1.29, 1.82) is 0 Å². The Morgan fingerprint density at radius 2 is 1.68 bits per heavy atom. The minimum atomic E-state index is -0.693. The summed E-state index contributed by atoms with van der Waals surface area (Å²) in [5.41, 5.74) is 1.90. The average Bonchev–Trinajstić information content (AvgIpc) is 2.57. The SMILES string of the molecule is CCOC(=O)C(OC/C=C/c1ccccc1)c1ccccc1. The molecule has 2 aromatic rings. The first-order valence-electron chi connectivity index (χ1n) is 7.36. The van der Waals surface area contributed by atoms with E-state index in [2.05, 4.69) is 0 Å². The first-order valence-corrected chi connectivity index (χ1v) is 7.36. The van der Waals surface area contributed by atoms with Crippen molar-refractivity contribution in [2.24, 2.45) is 0 Å². The highest BCUT2D eigenvalue weighted by molar-refractivity contribution is 5.76. The van der Waals surface area contributed by atoms with Gasteiger partial charge in [0.05, 0.1) is 13.2 Å². The van der Waals surface area contributed by atoms with Gasteiger partial charge in [0, 0.05) is 0 Å². The lowest BCUT2D eigenvalue weighted by molar-refractivity contribution is -0.156. The Labute approximate surface area is 131 Å². The van der Waals surface area contributed by atoms with Crippen LogP contribution in [0.15, 0.2) is 66.7 Å². The number of ether oxygens (including phenoxy) is 2. The largest absolute Gasteiger partial charge is 0.464 e. The molecule has 0 aliphatic heterocycles. The topological polar surface area (TPSA) is 35.5 Å². The molecule has 114 valence electrons. The monoisotopic (exact) mass is 296 g/mol. The quantitative estimate of drug-likeness (QED) is 0.724. The molecule has 2 aromatic carbocycles. The summed E-state index contributed by atoms with van der Waals surface area (Å²) in [5, 5.41) is 0. The zero-order valence-electron chi connectivity index (χ0n) is 12.6. The van der Waals surface area contributed by atoms with Gasteiger partial charge in [-0.15, -0.1) is 0 Å². The fraction of sp³-hybridized carbons (Fsp3) is 0.211. The highest BCUT2D eigenvalue weighted by atomic mass is 16.6. The molecule has 22 heavy (non-hydrogen) atoms. The van der Waals surface area contributed by atoms with Crippen LogP contribution in [0.4, 0.5) is 0 Å². The number of esters is 1. The van der Waals surface area contributed by atoms with Crippen molar-refractivity contribution in [1.82, 2.24) is 0 Å². The van der Waals surface area contributed by atoms with Gasteiger partial charge in [-0.1, -0.05) is 72.8 Å². The van der Waals surface area contributed by atoms with Crippen LogP contribution >= 0.6 is 0 Å². The Morgan fingerprint density at radius 1 is 1.05 bits per heavy atom. The van der Waals surface area contributed by atoms with Crippen LogP contribution in [0.5, 0.6) is 0 Å². The zero-order chi connectivity index (χ0) is 15.6. The smallest absolute Gasteiger partial charge is 0.339 e. The van der Waals surface area contributed by atoms with Crippen LogP contribution in [-0.4, -0.2) is 19.2 Å². The van der Waals surface area contributed by atoms with Crippen LogP contribution in [0.25, 0.3) is 6.08 Å². The molecule has 1 unspecified atom stereocenters. The molecule has 0 aromatic heterocycles. The van der Waals surface area contributed by atoms with E-state index in [1.807, 2.05) is 72.8 Å². The summed E-state index contributed by atoms with van der Waals surface area (Å²) in [6.45, 7) is 2.47. The van der Waals surface area contributed by atoms with Gasteiger partial charge < -0.3 is 9.47 Å². The molecule has 0 radical (unpaired) electrons. The summed E-state index contributed by atoms with van der Waals surface area (Å²) in [5.74, 6) is -0.359. The van der Waals surface area contributed by atoms with Gasteiger partial charge in [-0.05, 0) is 18.1 Å². The van der Waals surface area contributed by atoms with Crippen molar-refractivity contribution in [3.8, 4) is 0 Å². The van der Waals surface area contributed by atoms with Gasteiger partial charge in [0.1, 0.15) is 0 Å². The molecule has 0 saturated heterocycles. The summed E-state index contributed by atoms with van der Waals surface area (Å²) in [6, 6.07) is 19.3. The third-order valence-electron chi connectivity index (χ3n) is 3.07. The molecule has 1 atom stereocenters. The lowest BCUT2D eigenvalue weighted by Crippen LogP contribution is -2.19. The normalized spacial score (nSPS) is 12.2. The average molecular weight is 296 g/mol. The molecule has 0 heterocycles. The van der Waals surface area contributed by atoms with E-state index >= 15 is 0 Å². The van der Waals surface area contributed by atoms with Crippen LogP contribution in [0.2, 0.25) is 0 Å². The van der Waals surface area contributed by atoms with Crippen molar-refractivity contribution in [2.45, 2.75) is 13.0 Å². The van der Waals surface area contributed by atoms with Crippen LogP contribution in [0.1, 0.15) is 24.2 Å². The Bertz CT molecular complexity index is 591. The maximum absolute atomic E-state index is 12.0. The molecule has 0 saturated carbocycles. The molecule has 3 nitrogen and oxygen atoms in total. The minimum Gasteiger partial charge on any atom is -0.464 e. The van der Waals surface area contributed by atoms with Crippen molar-refractivity contribution in [3.05, 3.63) is 77.9 Å². The molecule has 0 bridgehead atoms. The minimum absolute atomic E-state index is 0.339. The molecule has 0 amide bonds. The first-order chi connectivity index (χ1) is 10.8. The van der Waals surface area contributed by atoms with E-state index in [4.69, 9.17) is 9.47 Å². The second-order valence-electron chi connectivity index (χ2n) is 4.69. The van der Waals surface area contributed by atoms with Gasteiger partial charge in [-0.2, -0.15) is 0 Å². The Morgan fingerprint density at radius 3 is 2.32 bits per heavy atom. The van der Waals surface area contributed by atoms with Crippen LogP contribution in [-0.2, 0) is 14.3 Å². The van der Waals surface area contributed by atoms with E-state index in [0.717, 1.165) is 11.1 Å². The lowest BCUT2D eigenvalue weighted by Gasteiger charge is -2.15. The van der Waals surface area contributed by atoms with Crippen molar-refractivity contribution in [3.63, 3.8) is 0 Å². The number of hydrogen-bond donors (Lipinski definition) is 0. The predicted octanol–water partition coefficient (Wildman–Crippen LogP) is 4.02. The highest BCUT2D eigenvalue weighted by Crippen LogP contribution is 2.19. The second-order valence-corrected chi connectivity index (χ2v) is 4.69. The number of carbonyl (C=O) groups is 1. The maximum atomic E-state index is 12.0. The number of hydrogen-bond acceptors (Lipinski definition) is 3. The number of carbonyl (C=O) groups excluding carboxylic acids is 1. The lowest BCUT2D eigenvalue weighted by atomic mass is 10.1. The predicted molar refractivity (Wildman–Crippen MR) is 87.2 cm³/mol. The van der Waals surface area contributed by atoms with E-state index in [1.165, 1.54) is 0 Å². The van der Waals surface area contributed by atoms with E-state index < -0.39 is 6.10 Å². The fourth-order valence-electron chi connectivity index (χ4n) is 2.05. The van der Waals surface area contributed by atoms with Gasteiger partial charge >= 0.3 is 5.97 Å². The van der Waals surface area contributed by atoms with E-state index in [9.17, 15) is 4.79 Å². The molecular weight excluding hydrogens is 276 g/mol. The van der Waals surface area contributed by atoms with Crippen LogP contribution in [0, 0.1) is 0 Å². The first kappa shape index (κ1) is 16.0. The molecule has 0 fully saturated rings. The van der Waals surface area contributed by atoms with E-state index in [0.29, 0.717) is 13.2 Å². The van der Waals surface area contributed by atoms with Gasteiger partial charge in [-0.3, -0.25) is 0 Å². The molecule has 0 aliphatic carbocycles.